The first-order valence-corrected chi connectivity index (χ1v) is 9.86. The predicted octanol–water partition coefficient (Wildman–Crippen LogP) is 3.19. The Balaban J connectivity index is 0.00000280. The standard InChI is InChI=1S/C20H30N6O.HI/c1-4-21-20(22-13-16-10-9-15(3)12-17(16)27-5-2)23-14-19-25-24-18-8-6-7-11-26(18)19;/h9-10,12H,4-8,11,13-14H2,1-3H3,(H2,21,22,23);1H. The zero-order valence-electron chi connectivity index (χ0n) is 17.0. The van der Waals surface area contributed by atoms with Crippen molar-refractivity contribution in [1.29, 1.82) is 0 Å². The molecular formula is C20H31IN6O. The molecule has 2 heterocycles. The van der Waals surface area contributed by atoms with Gasteiger partial charge >= 0.3 is 0 Å². The number of benzene rings is 1. The van der Waals surface area contributed by atoms with Crippen molar-refractivity contribution in [2.24, 2.45) is 4.99 Å². The Bertz CT molecular complexity index is 789. The number of nitrogens with one attached hydrogen (secondary N) is 2. The summed E-state index contributed by atoms with van der Waals surface area (Å²) in [7, 11) is 0. The van der Waals surface area contributed by atoms with Crippen LogP contribution < -0.4 is 15.4 Å². The van der Waals surface area contributed by atoms with Crippen molar-refractivity contribution in [3.63, 3.8) is 0 Å². The topological polar surface area (TPSA) is 76.4 Å². The molecule has 1 aliphatic heterocycles. The minimum atomic E-state index is 0. The van der Waals surface area contributed by atoms with E-state index in [2.05, 4.69) is 57.4 Å². The number of fused-ring (bicyclic) bond motifs is 1. The Morgan fingerprint density at radius 2 is 2.07 bits per heavy atom. The molecule has 0 saturated heterocycles. The van der Waals surface area contributed by atoms with Gasteiger partial charge in [0, 0.05) is 25.1 Å². The number of nitrogens with zero attached hydrogens (tertiary/aromatic N) is 4. The van der Waals surface area contributed by atoms with E-state index in [4.69, 9.17) is 9.73 Å². The average Bonchev–Trinajstić information content (AvgIpc) is 3.09. The Hall–Kier alpha value is -1.84. The summed E-state index contributed by atoms with van der Waals surface area (Å²) in [6, 6.07) is 6.25. The summed E-state index contributed by atoms with van der Waals surface area (Å²) in [5, 5.41) is 15.3. The number of rotatable bonds is 7. The highest BCUT2D eigenvalue weighted by Gasteiger charge is 2.15. The van der Waals surface area contributed by atoms with Crippen LogP contribution in [0, 0.1) is 6.92 Å². The quantitative estimate of drug-likeness (QED) is 0.349. The molecule has 8 heteroatoms. The summed E-state index contributed by atoms with van der Waals surface area (Å²) in [6.45, 7) is 9.77. The zero-order valence-corrected chi connectivity index (χ0v) is 19.3. The molecule has 1 aromatic carbocycles. The molecule has 0 fully saturated rings. The van der Waals surface area contributed by atoms with Gasteiger partial charge in [0.25, 0.3) is 0 Å². The SMILES string of the molecule is CCNC(=NCc1ccc(C)cc1OCC)NCc1nnc2n1CCCC2.I. The van der Waals surface area contributed by atoms with E-state index in [1.807, 2.05) is 6.92 Å². The molecule has 0 spiro atoms. The number of aromatic nitrogens is 3. The minimum absolute atomic E-state index is 0. The maximum Gasteiger partial charge on any atom is 0.191 e. The van der Waals surface area contributed by atoms with Crippen molar-refractivity contribution in [3.8, 4) is 5.75 Å². The first-order valence-electron chi connectivity index (χ1n) is 9.86. The smallest absolute Gasteiger partial charge is 0.191 e. The molecule has 0 unspecified atom stereocenters. The van der Waals surface area contributed by atoms with Crippen LogP contribution in [0.4, 0.5) is 0 Å². The molecule has 7 nitrogen and oxygen atoms in total. The van der Waals surface area contributed by atoms with E-state index in [0.717, 1.165) is 48.4 Å². The lowest BCUT2D eigenvalue weighted by Gasteiger charge is -2.16. The van der Waals surface area contributed by atoms with Gasteiger partial charge in [-0.3, -0.25) is 0 Å². The lowest BCUT2D eigenvalue weighted by Crippen LogP contribution is -2.37. The second-order valence-electron chi connectivity index (χ2n) is 6.73. The molecule has 3 rings (SSSR count). The van der Waals surface area contributed by atoms with Crippen LogP contribution >= 0.6 is 24.0 Å². The minimum Gasteiger partial charge on any atom is -0.494 e. The third-order valence-corrected chi connectivity index (χ3v) is 4.62. The molecule has 0 atom stereocenters. The molecule has 0 radical (unpaired) electrons. The predicted molar refractivity (Wildman–Crippen MR) is 122 cm³/mol. The summed E-state index contributed by atoms with van der Waals surface area (Å²) < 4.78 is 7.99. The fraction of sp³-hybridized carbons (Fsp3) is 0.550. The van der Waals surface area contributed by atoms with Gasteiger partial charge in [0.15, 0.2) is 11.8 Å². The molecular weight excluding hydrogens is 467 g/mol. The number of aryl methyl sites for hydroxylation is 2. The summed E-state index contributed by atoms with van der Waals surface area (Å²) in [5.41, 5.74) is 2.27. The molecule has 154 valence electrons. The highest BCUT2D eigenvalue weighted by molar-refractivity contribution is 14.0. The first kappa shape index (κ1) is 22.4. The van der Waals surface area contributed by atoms with Gasteiger partial charge in [-0.2, -0.15) is 0 Å². The Morgan fingerprint density at radius 1 is 1.21 bits per heavy atom. The van der Waals surface area contributed by atoms with Crippen LogP contribution in [0.15, 0.2) is 23.2 Å². The van der Waals surface area contributed by atoms with Crippen molar-refractivity contribution in [2.75, 3.05) is 13.2 Å². The van der Waals surface area contributed by atoms with Crippen LogP contribution in [-0.4, -0.2) is 33.9 Å². The average molecular weight is 498 g/mol. The Morgan fingerprint density at radius 3 is 2.86 bits per heavy atom. The van der Waals surface area contributed by atoms with Gasteiger partial charge in [0.1, 0.15) is 11.6 Å². The second-order valence-corrected chi connectivity index (χ2v) is 6.73. The lowest BCUT2D eigenvalue weighted by atomic mass is 10.1. The number of guanidine groups is 1. The lowest BCUT2D eigenvalue weighted by molar-refractivity contribution is 0.336. The van der Waals surface area contributed by atoms with Crippen LogP contribution in [-0.2, 0) is 26.1 Å². The van der Waals surface area contributed by atoms with Crippen molar-refractivity contribution < 1.29 is 4.74 Å². The highest BCUT2D eigenvalue weighted by atomic mass is 127. The number of hydrogen-bond acceptors (Lipinski definition) is 4. The Kier molecular flexibility index (Phi) is 9.01. The van der Waals surface area contributed by atoms with Gasteiger partial charge in [0.2, 0.25) is 0 Å². The molecule has 0 amide bonds. The van der Waals surface area contributed by atoms with E-state index in [-0.39, 0.29) is 24.0 Å². The van der Waals surface area contributed by atoms with Crippen molar-refractivity contribution in [3.05, 3.63) is 41.0 Å². The van der Waals surface area contributed by atoms with Gasteiger partial charge in [-0.1, -0.05) is 12.1 Å². The van der Waals surface area contributed by atoms with Crippen LogP contribution in [0.3, 0.4) is 0 Å². The van der Waals surface area contributed by atoms with Crippen LogP contribution in [0.2, 0.25) is 0 Å². The first-order chi connectivity index (χ1) is 13.2. The van der Waals surface area contributed by atoms with Gasteiger partial charge < -0.3 is 19.9 Å². The third kappa shape index (κ3) is 5.83. The van der Waals surface area contributed by atoms with E-state index in [9.17, 15) is 0 Å². The molecule has 2 N–H and O–H groups in total. The number of hydrogen-bond donors (Lipinski definition) is 2. The zero-order chi connectivity index (χ0) is 19.1. The van der Waals surface area contributed by atoms with E-state index < -0.39 is 0 Å². The largest absolute Gasteiger partial charge is 0.494 e. The fourth-order valence-corrected chi connectivity index (χ4v) is 3.25. The van der Waals surface area contributed by atoms with E-state index in [1.165, 1.54) is 18.4 Å². The summed E-state index contributed by atoms with van der Waals surface area (Å²) in [4.78, 5) is 4.72. The highest BCUT2D eigenvalue weighted by Crippen LogP contribution is 2.21. The number of ether oxygens (including phenoxy) is 1. The molecule has 2 aromatic rings. The maximum absolute atomic E-state index is 5.76. The summed E-state index contributed by atoms with van der Waals surface area (Å²) >= 11 is 0. The molecule has 1 aliphatic rings. The maximum atomic E-state index is 5.76. The van der Waals surface area contributed by atoms with Gasteiger partial charge in [-0.05, 0) is 45.2 Å². The monoisotopic (exact) mass is 498 g/mol. The summed E-state index contributed by atoms with van der Waals surface area (Å²) in [6.07, 6.45) is 3.42. The van der Waals surface area contributed by atoms with Crippen LogP contribution in [0.25, 0.3) is 0 Å². The Labute approximate surface area is 184 Å². The van der Waals surface area contributed by atoms with Crippen molar-refractivity contribution >= 4 is 29.9 Å². The third-order valence-electron chi connectivity index (χ3n) is 4.62. The molecule has 28 heavy (non-hydrogen) atoms. The second kappa shape index (κ2) is 11.2. The number of halogens is 1. The van der Waals surface area contributed by atoms with Gasteiger partial charge in [0.05, 0.1) is 19.7 Å². The molecule has 0 saturated carbocycles. The normalized spacial score (nSPS) is 13.5. The molecule has 0 aliphatic carbocycles. The summed E-state index contributed by atoms with van der Waals surface area (Å²) in [5.74, 6) is 3.75. The van der Waals surface area contributed by atoms with Crippen molar-refractivity contribution in [1.82, 2.24) is 25.4 Å². The molecule has 1 aromatic heterocycles. The van der Waals surface area contributed by atoms with Gasteiger partial charge in [-0.15, -0.1) is 34.2 Å². The molecule has 0 bridgehead atoms. The van der Waals surface area contributed by atoms with Gasteiger partial charge in [-0.25, -0.2) is 4.99 Å². The van der Waals surface area contributed by atoms with Crippen LogP contribution in [0.1, 0.15) is 49.5 Å². The van der Waals surface area contributed by atoms with Crippen LogP contribution in [0.5, 0.6) is 5.75 Å². The van der Waals surface area contributed by atoms with Crippen molar-refractivity contribution in [2.45, 2.75) is 59.7 Å². The fourth-order valence-electron chi connectivity index (χ4n) is 3.25. The van der Waals surface area contributed by atoms with E-state index in [1.54, 1.807) is 0 Å². The van der Waals surface area contributed by atoms with E-state index >= 15 is 0 Å². The number of aliphatic imine (C=N–C) groups is 1. The van der Waals surface area contributed by atoms with E-state index in [0.29, 0.717) is 19.7 Å².